The van der Waals surface area contributed by atoms with E-state index in [1.807, 2.05) is 0 Å². The minimum absolute atomic E-state index is 0.569. The van der Waals surface area contributed by atoms with Gasteiger partial charge in [0.15, 0.2) is 0 Å². The predicted molar refractivity (Wildman–Crippen MR) is 71.8 cm³/mol. The molecule has 0 aromatic heterocycles. The third-order valence-corrected chi connectivity index (χ3v) is 3.70. The van der Waals surface area contributed by atoms with Crippen molar-refractivity contribution < 1.29 is 0 Å². The highest BCUT2D eigenvalue weighted by molar-refractivity contribution is 4.88. The standard InChI is InChI=1S/C14H30N2/c1-5-15-11-14(8-6-7-9-14)12-16(4)10-13(2)3/h13,15H,5-12H2,1-4H3. The van der Waals surface area contributed by atoms with Crippen LogP contribution >= 0.6 is 0 Å². The maximum Gasteiger partial charge on any atom is 0.00472 e. The lowest BCUT2D eigenvalue weighted by Gasteiger charge is -2.34. The SMILES string of the molecule is CCNCC1(CN(C)CC(C)C)CCCC1. The molecule has 1 rings (SSSR count). The average Bonchev–Trinajstić information content (AvgIpc) is 2.62. The van der Waals surface area contributed by atoms with Crippen LogP contribution in [0.1, 0.15) is 46.5 Å². The fourth-order valence-corrected chi connectivity index (χ4v) is 3.17. The Morgan fingerprint density at radius 3 is 2.38 bits per heavy atom. The monoisotopic (exact) mass is 226 g/mol. The van der Waals surface area contributed by atoms with Crippen molar-refractivity contribution in [2.45, 2.75) is 46.5 Å². The van der Waals surface area contributed by atoms with Gasteiger partial charge < -0.3 is 10.2 Å². The zero-order chi connectivity index (χ0) is 12.0. The van der Waals surface area contributed by atoms with Gasteiger partial charge in [0.2, 0.25) is 0 Å². The van der Waals surface area contributed by atoms with Crippen molar-refractivity contribution in [1.82, 2.24) is 10.2 Å². The van der Waals surface area contributed by atoms with Gasteiger partial charge in [-0.25, -0.2) is 0 Å². The van der Waals surface area contributed by atoms with E-state index in [4.69, 9.17) is 0 Å². The summed E-state index contributed by atoms with van der Waals surface area (Å²) in [5, 5.41) is 3.56. The molecule has 0 aliphatic heterocycles. The maximum atomic E-state index is 3.56. The van der Waals surface area contributed by atoms with Crippen LogP contribution in [0.2, 0.25) is 0 Å². The molecule has 0 unspecified atom stereocenters. The third-order valence-electron chi connectivity index (χ3n) is 3.70. The van der Waals surface area contributed by atoms with Crippen LogP contribution in [0.3, 0.4) is 0 Å². The second-order valence-corrected chi connectivity index (χ2v) is 6.08. The molecule has 2 nitrogen and oxygen atoms in total. The Morgan fingerprint density at radius 1 is 1.25 bits per heavy atom. The van der Waals surface area contributed by atoms with Crippen LogP contribution in [-0.4, -0.2) is 38.1 Å². The van der Waals surface area contributed by atoms with Gasteiger partial charge in [0, 0.05) is 19.6 Å². The van der Waals surface area contributed by atoms with Crippen molar-refractivity contribution in [3.63, 3.8) is 0 Å². The maximum absolute atomic E-state index is 3.56. The summed E-state index contributed by atoms with van der Waals surface area (Å²) in [5.74, 6) is 0.780. The van der Waals surface area contributed by atoms with Crippen LogP contribution < -0.4 is 5.32 Å². The molecule has 0 radical (unpaired) electrons. The van der Waals surface area contributed by atoms with Gasteiger partial charge in [0.1, 0.15) is 0 Å². The molecule has 1 aliphatic carbocycles. The Hall–Kier alpha value is -0.0800. The van der Waals surface area contributed by atoms with Gasteiger partial charge in [0.05, 0.1) is 0 Å². The fraction of sp³-hybridized carbons (Fsp3) is 1.00. The summed E-state index contributed by atoms with van der Waals surface area (Å²) in [6.07, 6.45) is 5.70. The van der Waals surface area contributed by atoms with Gasteiger partial charge in [-0.2, -0.15) is 0 Å². The topological polar surface area (TPSA) is 15.3 Å². The van der Waals surface area contributed by atoms with Gasteiger partial charge in [-0.3, -0.25) is 0 Å². The van der Waals surface area contributed by atoms with E-state index in [1.165, 1.54) is 45.3 Å². The van der Waals surface area contributed by atoms with Crippen LogP contribution in [-0.2, 0) is 0 Å². The van der Waals surface area contributed by atoms with Gasteiger partial charge >= 0.3 is 0 Å². The molecule has 0 bridgehead atoms. The smallest absolute Gasteiger partial charge is 0.00472 e. The van der Waals surface area contributed by atoms with E-state index in [9.17, 15) is 0 Å². The Balaban J connectivity index is 2.43. The van der Waals surface area contributed by atoms with Gasteiger partial charge in [-0.15, -0.1) is 0 Å². The first-order valence-electron chi connectivity index (χ1n) is 6.97. The van der Waals surface area contributed by atoms with E-state index in [0.717, 1.165) is 12.5 Å². The molecule has 0 heterocycles. The van der Waals surface area contributed by atoms with Crippen LogP contribution in [0, 0.1) is 11.3 Å². The third kappa shape index (κ3) is 4.42. The zero-order valence-corrected chi connectivity index (χ0v) is 11.7. The number of rotatable bonds is 7. The van der Waals surface area contributed by atoms with E-state index in [1.54, 1.807) is 0 Å². The molecule has 1 N–H and O–H groups in total. The molecule has 0 atom stereocenters. The number of nitrogens with zero attached hydrogens (tertiary/aromatic N) is 1. The molecule has 16 heavy (non-hydrogen) atoms. The van der Waals surface area contributed by atoms with Crippen LogP contribution in [0.25, 0.3) is 0 Å². The van der Waals surface area contributed by atoms with Crippen LogP contribution in [0.15, 0.2) is 0 Å². The Kier molecular flexibility index (Phi) is 5.77. The van der Waals surface area contributed by atoms with Crippen LogP contribution in [0.5, 0.6) is 0 Å². The summed E-state index contributed by atoms with van der Waals surface area (Å²) in [5.41, 5.74) is 0.569. The summed E-state index contributed by atoms with van der Waals surface area (Å²) >= 11 is 0. The minimum atomic E-state index is 0.569. The minimum Gasteiger partial charge on any atom is -0.316 e. The summed E-state index contributed by atoms with van der Waals surface area (Å²) in [6.45, 7) is 11.7. The lowest BCUT2D eigenvalue weighted by Crippen LogP contribution is -2.42. The molecule has 2 heteroatoms. The second-order valence-electron chi connectivity index (χ2n) is 6.08. The molecule has 0 spiro atoms. The van der Waals surface area contributed by atoms with Crippen molar-refractivity contribution in [2.24, 2.45) is 11.3 Å². The molecule has 1 fully saturated rings. The van der Waals surface area contributed by atoms with Gasteiger partial charge in [0.25, 0.3) is 0 Å². The summed E-state index contributed by atoms with van der Waals surface area (Å²) < 4.78 is 0. The van der Waals surface area contributed by atoms with Gasteiger partial charge in [-0.1, -0.05) is 33.6 Å². The highest BCUT2D eigenvalue weighted by Crippen LogP contribution is 2.38. The molecule has 0 aromatic rings. The first-order chi connectivity index (χ1) is 7.58. The van der Waals surface area contributed by atoms with Crippen LogP contribution in [0.4, 0.5) is 0 Å². The highest BCUT2D eigenvalue weighted by atomic mass is 15.1. The lowest BCUT2D eigenvalue weighted by atomic mass is 9.85. The van der Waals surface area contributed by atoms with Crippen molar-refractivity contribution in [3.8, 4) is 0 Å². The van der Waals surface area contributed by atoms with Crippen molar-refractivity contribution in [3.05, 3.63) is 0 Å². The first-order valence-corrected chi connectivity index (χ1v) is 6.97. The quantitative estimate of drug-likeness (QED) is 0.718. The lowest BCUT2D eigenvalue weighted by molar-refractivity contribution is 0.162. The second kappa shape index (κ2) is 6.61. The average molecular weight is 226 g/mol. The first kappa shape index (κ1) is 14.0. The molecule has 0 amide bonds. The summed E-state index contributed by atoms with van der Waals surface area (Å²) in [4.78, 5) is 2.54. The van der Waals surface area contributed by atoms with Crippen molar-refractivity contribution >= 4 is 0 Å². The number of hydrogen-bond donors (Lipinski definition) is 1. The molecule has 1 saturated carbocycles. The summed E-state index contributed by atoms with van der Waals surface area (Å²) in [7, 11) is 2.28. The summed E-state index contributed by atoms with van der Waals surface area (Å²) in [6, 6.07) is 0. The molecule has 1 aliphatic rings. The molecule has 96 valence electrons. The van der Waals surface area contributed by atoms with E-state index in [0.29, 0.717) is 5.41 Å². The Morgan fingerprint density at radius 2 is 1.88 bits per heavy atom. The molecular formula is C14H30N2. The van der Waals surface area contributed by atoms with E-state index in [-0.39, 0.29) is 0 Å². The highest BCUT2D eigenvalue weighted by Gasteiger charge is 2.34. The molecule has 0 aromatic carbocycles. The predicted octanol–water partition coefficient (Wildman–Crippen LogP) is 2.74. The largest absolute Gasteiger partial charge is 0.316 e. The Labute approximate surface area is 102 Å². The van der Waals surface area contributed by atoms with E-state index >= 15 is 0 Å². The van der Waals surface area contributed by atoms with Gasteiger partial charge in [-0.05, 0) is 37.8 Å². The fourth-order valence-electron chi connectivity index (χ4n) is 3.17. The van der Waals surface area contributed by atoms with E-state index < -0.39 is 0 Å². The normalized spacial score (nSPS) is 19.9. The zero-order valence-electron chi connectivity index (χ0n) is 11.7. The Bertz CT molecular complexity index is 183. The molecular weight excluding hydrogens is 196 g/mol. The molecule has 0 saturated heterocycles. The number of nitrogens with one attached hydrogen (secondary N) is 1. The number of hydrogen-bond acceptors (Lipinski definition) is 2. The van der Waals surface area contributed by atoms with E-state index in [2.05, 4.69) is 38.0 Å². The van der Waals surface area contributed by atoms with Crippen molar-refractivity contribution in [2.75, 3.05) is 33.2 Å². The van der Waals surface area contributed by atoms with Crippen molar-refractivity contribution in [1.29, 1.82) is 0 Å².